The summed E-state index contributed by atoms with van der Waals surface area (Å²) in [6, 6.07) is 4.31. The maximum atomic E-state index is 13.7. The molecule has 3 aromatic heterocycles. The van der Waals surface area contributed by atoms with Crippen LogP contribution in [-0.2, 0) is 6.54 Å². The summed E-state index contributed by atoms with van der Waals surface area (Å²) in [6.45, 7) is 2.07. The second-order valence-electron chi connectivity index (χ2n) is 6.33. The summed E-state index contributed by atoms with van der Waals surface area (Å²) in [6.07, 6.45) is 2.77. The molecule has 138 valence electrons. The van der Waals surface area contributed by atoms with Crippen molar-refractivity contribution in [2.24, 2.45) is 0 Å². The van der Waals surface area contributed by atoms with Crippen LogP contribution < -0.4 is 0 Å². The van der Waals surface area contributed by atoms with Crippen LogP contribution in [0.4, 0.5) is 4.39 Å². The smallest absolute Gasteiger partial charge is 0.339 e. The Bertz CT molecular complexity index is 1160. The molecule has 1 unspecified atom stereocenters. The zero-order valence-corrected chi connectivity index (χ0v) is 14.3. The highest BCUT2D eigenvalue weighted by Gasteiger charge is 2.18. The third-order valence-corrected chi connectivity index (χ3v) is 4.33. The van der Waals surface area contributed by atoms with E-state index in [-0.39, 0.29) is 11.1 Å². The normalized spacial score (nSPS) is 12.7. The molecule has 8 nitrogen and oxygen atoms in total. The fourth-order valence-electron chi connectivity index (χ4n) is 2.98. The summed E-state index contributed by atoms with van der Waals surface area (Å²) in [5, 5.41) is 24.0. The van der Waals surface area contributed by atoms with Gasteiger partial charge in [-0.1, -0.05) is 0 Å². The minimum absolute atomic E-state index is 0.0169. The van der Waals surface area contributed by atoms with Crippen LogP contribution in [0.15, 0.2) is 30.6 Å². The number of aromatic amines is 1. The van der Waals surface area contributed by atoms with E-state index < -0.39 is 17.9 Å². The van der Waals surface area contributed by atoms with Crippen LogP contribution in [0.25, 0.3) is 33.5 Å². The van der Waals surface area contributed by atoms with Crippen LogP contribution in [0.3, 0.4) is 0 Å². The fourth-order valence-corrected chi connectivity index (χ4v) is 2.98. The van der Waals surface area contributed by atoms with Crippen molar-refractivity contribution in [3.8, 4) is 11.4 Å². The quantitative estimate of drug-likeness (QED) is 0.498. The van der Waals surface area contributed by atoms with Gasteiger partial charge in [-0.05, 0) is 31.5 Å². The van der Waals surface area contributed by atoms with Gasteiger partial charge in [0.15, 0.2) is 5.65 Å². The van der Waals surface area contributed by atoms with Crippen molar-refractivity contribution in [1.82, 2.24) is 24.7 Å². The monoisotopic (exact) mass is 369 g/mol. The van der Waals surface area contributed by atoms with E-state index >= 15 is 0 Å². The van der Waals surface area contributed by atoms with Gasteiger partial charge in [0.25, 0.3) is 0 Å². The predicted octanol–water partition coefficient (Wildman–Crippen LogP) is 2.58. The first kappa shape index (κ1) is 17.1. The molecule has 9 heteroatoms. The summed E-state index contributed by atoms with van der Waals surface area (Å²) in [5.74, 6) is -1.50. The van der Waals surface area contributed by atoms with Gasteiger partial charge in [-0.3, -0.25) is 4.68 Å². The first-order valence-corrected chi connectivity index (χ1v) is 8.36. The number of fused-ring (bicyclic) bond motifs is 2. The fraction of sp³-hybridized carbons (Fsp3) is 0.222. The molecule has 0 fully saturated rings. The highest BCUT2D eigenvalue weighted by atomic mass is 19.1. The Morgan fingerprint density at radius 1 is 1.41 bits per heavy atom. The molecule has 0 aliphatic heterocycles. The Morgan fingerprint density at radius 2 is 2.22 bits per heavy atom. The van der Waals surface area contributed by atoms with E-state index in [1.807, 2.05) is 0 Å². The number of carbonyl (C=O) groups is 1. The second kappa shape index (κ2) is 6.44. The van der Waals surface area contributed by atoms with Gasteiger partial charge in [0.05, 0.1) is 17.8 Å². The molecule has 4 aromatic rings. The maximum absolute atomic E-state index is 13.7. The Labute approximate surface area is 152 Å². The van der Waals surface area contributed by atoms with Crippen molar-refractivity contribution in [2.75, 3.05) is 0 Å². The molecule has 1 aromatic carbocycles. The third kappa shape index (κ3) is 3.02. The summed E-state index contributed by atoms with van der Waals surface area (Å²) in [7, 11) is 0. The van der Waals surface area contributed by atoms with Crippen molar-refractivity contribution in [1.29, 1.82) is 0 Å². The summed E-state index contributed by atoms with van der Waals surface area (Å²) >= 11 is 0. The van der Waals surface area contributed by atoms with Gasteiger partial charge in [0.1, 0.15) is 28.3 Å². The van der Waals surface area contributed by atoms with Gasteiger partial charge in [0.2, 0.25) is 0 Å². The van der Waals surface area contributed by atoms with Gasteiger partial charge in [-0.25, -0.2) is 19.2 Å². The number of H-pyrrole nitrogens is 1. The first-order valence-electron chi connectivity index (χ1n) is 8.36. The lowest BCUT2D eigenvalue weighted by molar-refractivity contribution is 0.0699. The van der Waals surface area contributed by atoms with E-state index in [0.717, 1.165) is 0 Å². The molecule has 3 N–H and O–H groups in total. The van der Waals surface area contributed by atoms with Gasteiger partial charge < -0.3 is 15.2 Å². The topological polar surface area (TPSA) is 117 Å². The number of aryl methyl sites for hydroxylation is 1. The number of nitrogens with zero attached hydrogens (tertiary/aromatic N) is 4. The van der Waals surface area contributed by atoms with Crippen LogP contribution in [0.1, 0.15) is 23.7 Å². The van der Waals surface area contributed by atoms with Crippen molar-refractivity contribution >= 4 is 28.0 Å². The Kier molecular flexibility index (Phi) is 4.08. The average Bonchev–Trinajstić information content (AvgIpc) is 3.20. The van der Waals surface area contributed by atoms with E-state index in [9.17, 15) is 19.4 Å². The van der Waals surface area contributed by atoms with Crippen LogP contribution >= 0.6 is 0 Å². The van der Waals surface area contributed by atoms with Crippen molar-refractivity contribution in [3.63, 3.8) is 0 Å². The lowest BCUT2D eigenvalue weighted by Gasteiger charge is -2.05. The van der Waals surface area contributed by atoms with Crippen molar-refractivity contribution < 1.29 is 19.4 Å². The average molecular weight is 369 g/mol. The van der Waals surface area contributed by atoms with Gasteiger partial charge in [-0.15, -0.1) is 0 Å². The van der Waals surface area contributed by atoms with E-state index in [1.54, 1.807) is 17.7 Å². The molecular formula is C18H16FN5O3. The highest BCUT2D eigenvalue weighted by Crippen LogP contribution is 2.29. The van der Waals surface area contributed by atoms with Gasteiger partial charge >= 0.3 is 5.97 Å². The number of aromatic carboxylic acids is 1. The standard InChI is InChI=1S/C18H16FN5O3/c1-9(25)4-5-24-14-6-10(19)2-3-11(14)15(23-24)13-8-21-17-16(22-13)12(7-20-17)18(26)27/h2-3,6-9,25H,4-5H2,1H3,(H,20,21)(H,26,27). The number of aliphatic hydroxyl groups excluding tert-OH is 1. The number of carboxylic acid groups (broad SMARTS) is 1. The van der Waals surface area contributed by atoms with E-state index in [4.69, 9.17) is 0 Å². The summed E-state index contributed by atoms with van der Waals surface area (Å²) in [4.78, 5) is 22.8. The largest absolute Gasteiger partial charge is 0.478 e. The number of aromatic nitrogens is 5. The van der Waals surface area contributed by atoms with Gasteiger partial charge in [-0.2, -0.15) is 5.10 Å². The molecule has 1 atom stereocenters. The Hall–Kier alpha value is -3.33. The molecule has 3 heterocycles. The molecule has 4 rings (SSSR count). The van der Waals surface area contributed by atoms with E-state index in [1.165, 1.54) is 24.5 Å². The number of benzene rings is 1. The molecule has 27 heavy (non-hydrogen) atoms. The van der Waals surface area contributed by atoms with Crippen LogP contribution in [0, 0.1) is 5.82 Å². The van der Waals surface area contributed by atoms with Gasteiger partial charge in [0, 0.05) is 18.1 Å². The summed E-state index contributed by atoms with van der Waals surface area (Å²) in [5.41, 5.74) is 2.04. The summed E-state index contributed by atoms with van der Waals surface area (Å²) < 4.78 is 15.4. The molecule has 0 amide bonds. The number of aliphatic hydroxyl groups is 1. The predicted molar refractivity (Wildman–Crippen MR) is 95.8 cm³/mol. The molecule has 0 spiro atoms. The minimum Gasteiger partial charge on any atom is -0.478 e. The van der Waals surface area contributed by atoms with E-state index in [2.05, 4.69) is 20.1 Å². The van der Waals surface area contributed by atoms with Crippen LogP contribution in [-0.4, -0.2) is 47.0 Å². The lowest BCUT2D eigenvalue weighted by Crippen LogP contribution is -2.08. The minimum atomic E-state index is -1.11. The Morgan fingerprint density at radius 3 is 2.96 bits per heavy atom. The lowest BCUT2D eigenvalue weighted by atomic mass is 10.1. The zero-order valence-electron chi connectivity index (χ0n) is 14.3. The van der Waals surface area contributed by atoms with Crippen molar-refractivity contribution in [2.45, 2.75) is 26.0 Å². The number of nitrogens with one attached hydrogen (secondary N) is 1. The molecule has 0 radical (unpaired) electrons. The molecule has 0 aliphatic rings. The first-order chi connectivity index (χ1) is 12.9. The number of hydrogen-bond donors (Lipinski definition) is 3. The Balaban J connectivity index is 1.89. The number of carboxylic acids is 1. The zero-order chi connectivity index (χ0) is 19.1. The molecular weight excluding hydrogens is 353 g/mol. The SMILES string of the molecule is CC(O)CCn1nc(-c2cnc3[nH]cc(C(=O)O)c3n2)c2ccc(F)cc21. The highest BCUT2D eigenvalue weighted by molar-refractivity contribution is 6.01. The van der Waals surface area contributed by atoms with Crippen LogP contribution in [0.2, 0.25) is 0 Å². The second-order valence-corrected chi connectivity index (χ2v) is 6.33. The number of hydrogen-bond acceptors (Lipinski definition) is 5. The number of rotatable bonds is 5. The molecule has 0 saturated heterocycles. The maximum Gasteiger partial charge on any atom is 0.339 e. The molecule has 0 bridgehead atoms. The number of halogens is 1. The molecule has 0 aliphatic carbocycles. The van der Waals surface area contributed by atoms with E-state index in [0.29, 0.717) is 40.9 Å². The third-order valence-electron chi connectivity index (χ3n) is 4.33. The van der Waals surface area contributed by atoms with Crippen LogP contribution in [0.5, 0.6) is 0 Å². The van der Waals surface area contributed by atoms with Crippen molar-refractivity contribution in [3.05, 3.63) is 42.0 Å². The molecule has 0 saturated carbocycles.